The lowest BCUT2D eigenvalue weighted by molar-refractivity contribution is 0.715. The molecule has 0 spiro atoms. The number of hydrogen-bond donors (Lipinski definition) is 1. The van der Waals surface area contributed by atoms with Crippen molar-refractivity contribution in [1.82, 2.24) is 4.98 Å². The number of thiazole rings is 1. The normalized spacial score (nSPS) is 13.6. The Morgan fingerprint density at radius 1 is 1.55 bits per heavy atom. The fourth-order valence-corrected chi connectivity index (χ4v) is 4.71. The Bertz CT molecular complexity index is 242. The van der Waals surface area contributed by atoms with Gasteiger partial charge in [-0.25, -0.2) is 0 Å². The predicted octanol–water partition coefficient (Wildman–Crippen LogP) is 2.93. The van der Waals surface area contributed by atoms with Crippen LogP contribution in [0, 0.1) is 0 Å². The van der Waals surface area contributed by atoms with Gasteiger partial charge in [-0.1, -0.05) is 0 Å². The van der Waals surface area contributed by atoms with Crippen LogP contribution in [0.5, 0.6) is 0 Å². The minimum absolute atomic E-state index is 0.0285. The van der Waals surface area contributed by atoms with Gasteiger partial charge in [0.1, 0.15) is 10.9 Å². The topological polar surface area (TPSA) is 38.9 Å². The molecule has 2 N–H and O–H groups in total. The third-order valence-electron chi connectivity index (χ3n) is 1.31. The van der Waals surface area contributed by atoms with Crippen molar-refractivity contribution < 1.29 is 0 Å². The molecule has 0 aliphatic rings. The molecular weight excluding hydrogens is 224 g/mol. The molecule has 0 fully saturated rings. The van der Waals surface area contributed by atoms with Gasteiger partial charge in [0.05, 0.1) is 0 Å². The van der Waals surface area contributed by atoms with E-state index in [2.05, 4.69) is 41.7 Å². The summed E-state index contributed by atoms with van der Waals surface area (Å²) in [5.74, 6) is 0. The third-order valence-corrected chi connectivity index (χ3v) is 4.73. The van der Waals surface area contributed by atoms with E-state index in [-0.39, 0.29) is 15.2 Å². The van der Waals surface area contributed by atoms with Gasteiger partial charge in [0.15, 0.2) is 0 Å². The molecule has 1 heterocycles. The highest BCUT2D eigenvalue weighted by Gasteiger charge is 2.32. The molecule has 0 amide bonds. The fraction of sp³-hybridized carbons (Fsp3) is 0.571. The first-order chi connectivity index (χ1) is 4.93. The van der Waals surface area contributed by atoms with Crippen molar-refractivity contribution in [3.05, 3.63) is 9.98 Å². The van der Waals surface area contributed by atoms with Crippen LogP contribution in [0.15, 0.2) is 9.98 Å². The SMILES string of the molecule is CC(C)(C)[s+]1c(Br)cnc1N. The van der Waals surface area contributed by atoms with E-state index in [1.807, 2.05) is 0 Å². The summed E-state index contributed by atoms with van der Waals surface area (Å²) in [7, 11) is -0.0285. The van der Waals surface area contributed by atoms with Crippen LogP contribution in [0.1, 0.15) is 20.8 Å². The lowest BCUT2D eigenvalue weighted by atomic mass is 10.3. The number of anilines is 1. The zero-order valence-electron chi connectivity index (χ0n) is 6.89. The van der Waals surface area contributed by atoms with E-state index < -0.39 is 0 Å². The molecule has 1 aromatic rings. The third kappa shape index (κ3) is 1.73. The van der Waals surface area contributed by atoms with E-state index >= 15 is 0 Å². The van der Waals surface area contributed by atoms with Gasteiger partial charge in [-0.05, 0) is 20.8 Å². The molecule has 1 unspecified atom stereocenters. The Hall–Kier alpha value is -0.0900. The molecule has 0 aliphatic heterocycles. The first-order valence-corrected chi connectivity index (χ1v) is 5.38. The van der Waals surface area contributed by atoms with Gasteiger partial charge in [0.25, 0.3) is 0 Å². The molecule has 0 saturated heterocycles. The van der Waals surface area contributed by atoms with Crippen molar-refractivity contribution in [3.8, 4) is 0 Å². The van der Waals surface area contributed by atoms with Crippen molar-refractivity contribution in [3.63, 3.8) is 0 Å². The summed E-state index contributed by atoms with van der Waals surface area (Å²) in [6.07, 6.45) is 1.80. The second-order valence-electron chi connectivity index (χ2n) is 3.32. The van der Waals surface area contributed by atoms with Crippen LogP contribution in [-0.4, -0.2) is 4.98 Å². The van der Waals surface area contributed by atoms with E-state index in [1.54, 1.807) is 6.20 Å². The number of nitrogens with zero attached hydrogens (tertiary/aromatic N) is 1. The molecule has 0 aliphatic carbocycles. The van der Waals surface area contributed by atoms with Crippen LogP contribution in [0.25, 0.3) is 0 Å². The lowest BCUT2D eigenvalue weighted by Gasteiger charge is -2.08. The second kappa shape index (κ2) is 2.75. The molecule has 1 aromatic heterocycles. The second-order valence-corrected chi connectivity index (χ2v) is 7.39. The van der Waals surface area contributed by atoms with E-state index in [4.69, 9.17) is 5.73 Å². The van der Waals surface area contributed by atoms with Crippen LogP contribution in [0.2, 0.25) is 0 Å². The van der Waals surface area contributed by atoms with Crippen LogP contribution in [0.3, 0.4) is 0 Å². The summed E-state index contributed by atoms with van der Waals surface area (Å²) in [4.78, 5) is 4.06. The lowest BCUT2D eigenvalue weighted by Crippen LogP contribution is -2.04. The Morgan fingerprint density at radius 3 is 2.27 bits per heavy atom. The molecule has 1 rings (SSSR count). The van der Waals surface area contributed by atoms with Crippen LogP contribution < -0.4 is 5.73 Å². The highest BCUT2D eigenvalue weighted by Crippen LogP contribution is 2.46. The summed E-state index contributed by atoms with van der Waals surface area (Å²) in [5.41, 5.74) is 5.74. The van der Waals surface area contributed by atoms with E-state index in [1.165, 1.54) is 0 Å². The number of halogens is 1. The van der Waals surface area contributed by atoms with Gasteiger partial charge < -0.3 is 5.73 Å². The van der Waals surface area contributed by atoms with Crippen molar-refractivity contribution >= 4 is 31.5 Å². The summed E-state index contributed by atoms with van der Waals surface area (Å²) in [6, 6.07) is 0. The molecule has 0 radical (unpaired) electrons. The van der Waals surface area contributed by atoms with Crippen molar-refractivity contribution in [1.29, 1.82) is 0 Å². The Labute approximate surface area is 77.9 Å². The molecule has 62 valence electrons. The van der Waals surface area contributed by atoms with E-state index in [9.17, 15) is 0 Å². The van der Waals surface area contributed by atoms with Gasteiger partial charge in [-0.3, -0.25) is 0 Å². The summed E-state index contributed by atoms with van der Waals surface area (Å²) >= 11 is 3.46. The number of nitrogens with two attached hydrogens (primary N) is 1. The van der Waals surface area contributed by atoms with E-state index in [0.717, 1.165) is 8.92 Å². The minimum Gasteiger partial charge on any atom is -0.339 e. The van der Waals surface area contributed by atoms with E-state index in [0.29, 0.717) is 0 Å². The fourth-order valence-electron chi connectivity index (χ4n) is 0.926. The van der Waals surface area contributed by atoms with Gasteiger partial charge in [0.2, 0.25) is 3.79 Å². The highest BCUT2D eigenvalue weighted by atomic mass is 79.9. The van der Waals surface area contributed by atoms with Gasteiger partial charge in [0, 0.05) is 26.4 Å². The molecule has 0 bridgehead atoms. The Kier molecular flexibility index (Phi) is 2.25. The summed E-state index contributed by atoms with van der Waals surface area (Å²) < 4.78 is 1.29. The molecule has 1 atom stereocenters. The maximum absolute atomic E-state index is 5.74. The largest absolute Gasteiger partial charge is 0.339 e. The van der Waals surface area contributed by atoms with Crippen LogP contribution in [0.4, 0.5) is 5.13 Å². The Morgan fingerprint density at radius 2 is 2.09 bits per heavy atom. The predicted molar refractivity (Wildman–Crippen MR) is 53.8 cm³/mol. The number of aromatic nitrogens is 1. The first kappa shape index (κ1) is 9.00. The first-order valence-electron chi connectivity index (χ1n) is 3.36. The van der Waals surface area contributed by atoms with Crippen LogP contribution >= 0.6 is 26.4 Å². The molecule has 11 heavy (non-hydrogen) atoms. The average Bonchev–Trinajstić information content (AvgIpc) is 2.08. The molecular formula is C7H12BrN2S+. The average molecular weight is 236 g/mol. The highest BCUT2D eigenvalue weighted by molar-refractivity contribution is 9.11. The zero-order chi connectivity index (χ0) is 8.65. The number of hydrogen-bond acceptors (Lipinski definition) is 2. The van der Waals surface area contributed by atoms with Gasteiger partial charge in [-0.15, -0.1) is 0 Å². The summed E-state index contributed by atoms with van der Waals surface area (Å²) in [6.45, 7) is 6.50. The molecule has 4 heteroatoms. The number of nitrogen functional groups attached to an aromatic ring is 1. The zero-order valence-corrected chi connectivity index (χ0v) is 9.29. The van der Waals surface area contributed by atoms with Crippen LogP contribution in [-0.2, 0) is 4.75 Å². The van der Waals surface area contributed by atoms with Crippen molar-refractivity contribution in [2.45, 2.75) is 25.5 Å². The number of rotatable bonds is 0. The van der Waals surface area contributed by atoms with Gasteiger partial charge in [-0.2, -0.15) is 4.98 Å². The van der Waals surface area contributed by atoms with Gasteiger partial charge >= 0.3 is 5.13 Å². The molecule has 0 aromatic carbocycles. The monoisotopic (exact) mass is 235 g/mol. The quantitative estimate of drug-likeness (QED) is 0.703. The molecule has 2 nitrogen and oxygen atoms in total. The smallest absolute Gasteiger partial charge is 0.338 e. The van der Waals surface area contributed by atoms with Crippen molar-refractivity contribution in [2.24, 2.45) is 0 Å². The molecule has 0 saturated carbocycles. The maximum Gasteiger partial charge on any atom is 0.338 e. The summed E-state index contributed by atoms with van der Waals surface area (Å²) in [5, 5.41) is 0.740. The maximum atomic E-state index is 5.74. The Balaban J connectivity index is 3.21. The minimum atomic E-state index is -0.0285. The van der Waals surface area contributed by atoms with Crippen molar-refractivity contribution in [2.75, 3.05) is 5.73 Å². The standard InChI is InChI=1S/C7H12BrN2S/c1-7(2,3)11-5(8)4-10-6(11)9/h4H,1-3H3,(H2,9,10)/q+1.